The molecule has 174 valence electrons. The molecule has 0 aliphatic carbocycles. The van der Waals surface area contributed by atoms with Crippen LogP contribution in [0.3, 0.4) is 0 Å². The third-order valence-corrected chi connectivity index (χ3v) is 5.42. The molecule has 0 atom stereocenters. The van der Waals surface area contributed by atoms with Gasteiger partial charge in [0, 0.05) is 44.4 Å². The Labute approximate surface area is 207 Å². The number of hydrogen-bond acceptors (Lipinski definition) is 5. The van der Waals surface area contributed by atoms with Gasteiger partial charge in [-0.15, -0.1) is 24.0 Å². The predicted molar refractivity (Wildman–Crippen MR) is 139 cm³/mol. The fourth-order valence-corrected chi connectivity index (χ4v) is 3.60. The van der Waals surface area contributed by atoms with Crippen molar-refractivity contribution in [1.82, 2.24) is 15.6 Å². The Kier molecular flexibility index (Phi) is 10.5. The van der Waals surface area contributed by atoms with Gasteiger partial charge < -0.3 is 26.0 Å². The number of carbonyl (C=O) groups is 1. The Morgan fingerprint density at radius 1 is 1.22 bits per heavy atom. The number of hydrogen-bond donors (Lipinski definition) is 3. The van der Waals surface area contributed by atoms with Gasteiger partial charge in [-0.05, 0) is 38.0 Å². The molecule has 9 heteroatoms. The monoisotopic (exact) mass is 552 g/mol. The second-order valence-electron chi connectivity index (χ2n) is 7.66. The summed E-state index contributed by atoms with van der Waals surface area (Å²) in [5.41, 5.74) is 7.75. The molecule has 32 heavy (non-hydrogen) atoms. The van der Waals surface area contributed by atoms with E-state index in [1.807, 2.05) is 30.3 Å². The highest BCUT2D eigenvalue weighted by atomic mass is 127. The first-order valence-electron chi connectivity index (χ1n) is 10.7. The number of nitrogens with zero attached hydrogens (tertiary/aromatic N) is 3. The van der Waals surface area contributed by atoms with Gasteiger partial charge in [0.15, 0.2) is 5.96 Å². The van der Waals surface area contributed by atoms with Crippen molar-refractivity contribution in [1.29, 1.82) is 0 Å². The van der Waals surface area contributed by atoms with E-state index < -0.39 is 0 Å². The SMILES string of the molecule is CN=C(NCCOc1ccc(C)cc1)NCc1cccnc1N1CCC(C(N)=O)CC1.I. The zero-order valence-electron chi connectivity index (χ0n) is 18.7. The molecule has 0 radical (unpaired) electrons. The van der Waals surface area contributed by atoms with Crippen LogP contribution in [0, 0.1) is 12.8 Å². The zero-order chi connectivity index (χ0) is 22.1. The topological polar surface area (TPSA) is 105 Å². The first-order valence-corrected chi connectivity index (χ1v) is 10.7. The van der Waals surface area contributed by atoms with Crippen LogP contribution in [-0.4, -0.2) is 50.1 Å². The molecule has 1 aliphatic rings. The van der Waals surface area contributed by atoms with Crippen molar-refractivity contribution < 1.29 is 9.53 Å². The third-order valence-electron chi connectivity index (χ3n) is 5.42. The van der Waals surface area contributed by atoms with Crippen LogP contribution in [0.4, 0.5) is 5.82 Å². The first-order chi connectivity index (χ1) is 15.1. The molecule has 1 aromatic carbocycles. The van der Waals surface area contributed by atoms with Gasteiger partial charge >= 0.3 is 0 Å². The van der Waals surface area contributed by atoms with Gasteiger partial charge in [0.05, 0.1) is 6.54 Å². The van der Waals surface area contributed by atoms with Crippen LogP contribution >= 0.6 is 24.0 Å². The Balaban J connectivity index is 0.00000363. The number of aliphatic imine (C=N–C) groups is 1. The van der Waals surface area contributed by atoms with Crippen molar-refractivity contribution in [2.24, 2.45) is 16.6 Å². The molecule has 0 bridgehead atoms. The number of ether oxygens (including phenoxy) is 1. The molecule has 3 rings (SSSR count). The fraction of sp³-hybridized carbons (Fsp3) is 0.435. The van der Waals surface area contributed by atoms with Crippen molar-refractivity contribution in [2.75, 3.05) is 38.2 Å². The maximum atomic E-state index is 11.4. The summed E-state index contributed by atoms with van der Waals surface area (Å²) in [5.74, 6) is 2.26. The number of aromatic nitrogens is 1. The van der Waals surface area contributed by atoms with Crippen molar-refractivity contribution in [2.45, 2.75) is 26.3 Å². The molecule has 8 nitrogen and oxygen atoms in total. The van der Waals surface area contributed by atoms with Gasteiger partial charge in [-0.2, -0.15) is 0 Å². The van der Waals surface area contributed by atoms with Gasteiger partial charge in [-0.3, -0.25) is 9.79 Å². The van der Waals surface area contributed by atoms with Crippen LogP contribution in [0.1, 0.15) is 24.0 Å². The molecule has 2 heterocycles. The standard InChI is InChI=1S/C23H32N6O2.HI/c1-17-5-7-20(8-6-17)31-15-12-27-23(25-2)28-16-19-4-3-11-26-22(19)29-13-9-18(10-14-29)21(24)30;/h3-8,11,18H,9-10,12-16H2,1-2H3,(H2,24,30)(H2,25,27,28);1H. The lowest BCUT2D eigenvalue weighted by Crippen LogP contribution is -2.41. The molecule has 4 N–H and O–H groups in total. The lowest BCUT2D eigenvalue weighted by atomic mass is 9.96. The van der Waals surface area contributed by atoms with E-state index >= 15 is 0 Å². The summed E-state index contributed by atoms with van der Waals surface area (Å²) in [6, 6.07) is 12.0. The zero-order valence-corrected chi connectivity index (χ0v) is 21.0. The number of guanidine groups is 1. The van der Waals surface area contributed by atoms with Gasteiger partial charge in [0.25, 0.3) is 0 Å². The molecule has 1 amide bonds. The molecule has 1 aromatic heterocycles. The summed E-state index contributed by atoms with van der Waals surface area (Å²) in [6.07, 6.45) is 3.33. The normalized spacial score (nSPS) is 14.4. The summed E-state index contributed by atoms with van der Waals surface area (Å²) < 4.78 is 5.75. The molecule has 1 fully saturated rings. The van der Waals surface area contributed by atoms with Crippen molar-refractivity contribution in [3.63, 3.8) is 0 Å². The van der Waals surface area contributed by atoms with E-state index in [2.05, 4.69) is 38.5 Å². The maximum Gasteiger partial charge on any atom is 0.220 e. The Morgan fingerprint density at radius 3 is 2.59 bits per heavy atom. The number of aryl methyl sites for hydroxylation is 1. The number of nitrogens with one attached hydrogen (secondary N) is 2. The fourth-order valence-electron chi connectivity index (χ4n) is 3.60. The lowest BCUT2D eigenvalue weighted by Gasteiger charge is -2.32. The van der Waals surface area contributed by atoms with E-state index in [0.717, 1.165) is 43.1 Å². The van der Waals surface area contributed by atoms with E-state index in [1.165, 1.54) is 5.56 Å². The average Bonchev–Trinajstić information content (AvgIpc) is 2.80. The second-order valence-corrected chi connectivity index (χ2v) is 7.66. The molecule has 1 saturated heterocycles. The second kappa shape index (κ2) is 13.1. The number of anilines is 1. The van der Waals surface area contributed by atoms with E-state index in [-0.39, 0.29) is 35.8 Å². The minimum Gasteiger partial charge on any atom is -0.492 e. The van der Waals surface area contributed by atoms with Gasteiger partial charge in [0.1, 0.15) is 18.2 Å². The van der Waals surface area contributed by atoms with E-state index in [9.17, 15) is 4.79 Å². The largest absolute Gasteiger partial charge is 0.492 e. The predicted octanol–water partition coefficient (Wildman–Crippen LogP) is 2.45. The van der Waals surface area contributed by atoms with Crippen LogP contribution in [-0.2, 0) is 11.3 Å². The smallest absolute Gasteiger partial charge is 0.220 e. The molecule has 0 unspecified atom stereocenters. The number of halogens is 1. The van der Waals surface area contributed by atoms with Crippen LogP contribution < -0.4 is 26.0 Å². The highest BCUT2D eigenvalue weighted by molar-refractivity contribution is 14.0. The molecule has 0 saturated carbocycles. The molecule has 1 aliphatic heterocycles. The number of carbonyl (C=O) groups excluding carboxylic acids is 1. The minimum absolute atomic E-state index is 0. The van der Waals surface area contributed by atoms with Crippen LogP contribution in [0.15, 0.2) is 47.6 Å². The quantitative estimate of drug-likeness (QED) is 0.201. The molecule has 2 aromatic rings. The van der Waals surface area contributed by atoms with Crippen molar-refractivity contribution in [3.8, 4) is 5.75 Å². The van der Waals surface area contributed by atoms with Gasteiger partial charge in [-0.1, -0.05) is 23.8 Å². The molecule has 0 spiro atoms. The van der Waals surface area contributed by atoms with Gasteiger partial charge in [-0.25, -0.2) is 4.98 Å². The highest BCUT2D eigenvalue weighted by Crippen LogP contribution is 2.24. The van der Waals surface area contributed by atoms with Crippen molar-refractivity contribution >= 4 is 41.7 Å². The van der Waals surface area contributed by atoms with E-state index in [1.54, 1.807) is 13.2 Å². The average molecular weight is 552 g/mol. The van der Waals surface area contributed by atoms with Crippen LogP contribution in [0.5, 0.6) is 5.75 Å². The summed E-state index contributed by atoms with van der Waals surface area (Å²) in [6.45, 7) is 5.38. The number of amides is 1. The lowest BCUT2D eigenvalue weighted by molar-refractivity contribution is -0.122. The number of primary amides is 1. The Morgan fingerprint density at radius 2 is 1.94 bits per heavy atom. The highest BCUT2D eigenvalue weighted by Gasteiger charge is 2.24. The van der Waals surface area contributed by atoms with Crippen LogP contribution in [0.2, 0.25) is 0 Å². The summed E-state index contributed by atoms with van der Waals surface area (Å²) >= 11 is 0. The number of rotatable bonds is 8. The number of pyridine rings is 1. The van der Waals surface area contributed by atoms with E-state index in [0.29, 0.717) is 25.7 Å². The van der Waals surface area contributed by atoms with Crippen molar-refractivity contribution in [3.05, 3.63) is 53.7 Å². The molecular weight excluding hydrogens is 519 g/mol. The summed E-state index contributed by atoms with van der Waals surface area (Å²) in [4.78, 5) is 22.5. The number of piperidine rings is 1. The first kappa shape index (κ1) is 25.7. The Bertz CT molecular complexity index is 882. The maximum absolute atomic E-state index is 11.4. The number of benzene rings is 1. The number of nitrogens with two attached hydrogens (primary N) is 1. The van der Waals surface area contributed by atoms with Gasteiger partial charge in [0.2, 0.25) is 5.91 Å². The summed E-state index contributed by atoms with van der Waals surface area (Å²) in [5, 5.41) is 6.61. The third kappa shape index (κ3) is 7.54. The Hall–Kier alpha value is -2.56. The van der Waals surface area contributed by atoms with E-state index in [4.69, 9.17) is 10.5 Å². The minimum atomic E-state index is -0.205. The van der Waals surface area contributed by atoms with Crippen LogP contribution in [0.25, 0.3) is 0 Å². The molecular formula is C23H33IN6O2. The summed E-state index contributed by atoms with van der Waals surface area (Å²) in [7, 11) is 1.74.